The van der Waals surface area contributed by atoms with Gasteiger partial charge in [0.15, 0.2) is 0 Å². The number of aliphatic carboxylic acids is 1. The average molecular weight is 261 g/mol. The molecule has 0 aliphatic rings. The van der Waals surface area contributed by atoms with E-state index in [1.165, 1.54) is 0 Å². The molecular weight excluding hydrogens is 242 g/mol. The van der Waals surface area contributed by atoms with Crippen LogP contribution in [0.3, 0.4) is 0 Å². The SMILES string of the molecule is CC(C)C(NC(=O)C(N)CO)C(=O)NCC(=O)O. The van der Waals surface area contributed by atoms with Crippen LogP contribution in [0.15, 0.2) is 0 Å². The zero-order valence-electron chi connectivity index (χ0n) is 10.3. The minimum Gasteiger partial charge on any atom is -0.480 e. The molecule has 0 aromatic carbocycles. The van der Waals surface area contributed by atoms with E-state index < -0.39 is 43.0 Å². The molecule has 0 fully saturated rings. The van der Waals surface area contributed by atoms with Gasteiger partial charge in [-0.15, -0.1) is 0 Å². The van der Waals surface area contributed by atoms with Crippen LogP contribution in [0.4, 0.5) is 0 Å². The van der Waals surface area contributed by atoms with E-state index in [0.29, 0.717) is 0 Å². The Balaban J connectivity index is 4.52. The first kappa shape index (κ1) is 16.3. The van der Waals surface area contributed by atoms with Gasteiger partial charge in [-0.2, -0.15) is 0 Å². The number of carboxylic acid groups (broad SMARTS) is 1. The number of aliphatic hydroxyl groups excluding tert-OH is 1. The summed E-state index contributed by atoms with van der Waals surface area (Å²) in [6.45, 7) is 2.32. The largest absolute Gasteiger partial charge is 0.480 e. The molecule has 8 heteroatoms. The topological polar surface area (TPSA) is 142 Å². The molecule has 0 spiro atoms. The summed E-state index contributed by atoms with van der Waals surface area (Å²) in [5.74, 6) is -2.69. The molecule has 0 rings (SSSR count). The predicted molar refractivity (Wildman–Crippen MR) is 62.5 cm³/mol. The molecule has 0 aromatic heterocycles. The van der Waals surface area contributed by atoms with Gasteiger partial charge >= 0.3 is 5.97 Å². The third kappa shape index (κ3) is 5.60. The Kier molecular flexibility index (Phi) is 6.91. The van der Waals surface area contributed by atoms with E-state index in [1.54, 1.807) is 13.8 Å². The number of nitrogens with two attached hydrogens (primary N) is 1. The molecule has 0 bridgehead atoms. The van der Waals surface area contributed by atoms with E-state index in [1.807, 2.05) is 0 Å². The number of nitrogens with one attached hydrogen (secondary N) is 2. The molecule has 0 aliphatic carbocycles. The molecule has 18 heavy (non-hydrogen) atoms. The Bertz CT molecular complexity index is 319. The number of carbonyl (C=O) groups is 3. The van der Waals surface area contributed by atoms with Crippen molar-refractivity contribution in [2.75, 3.05) is 13.2 Å². The van der Waals surface area contributed by atoms with Crippen LogP contribution in [0.1, 0.15) is 13.8 Å². The van der Waals surface area contributed by atoms with Crippen molar-refractivity contribution in [3.8, 4) is 0 Å². The molecule has 0 aromatic rings. The number of hydrogen-bond donors (Lipinski definition) is 5. The number of carbonyl (C=O) groups excluding carboxylic acids is 2. The second kappa shape index (κ2) is 7.62. The number of aliphatic hydroxyl groups is 1. The maximum absolute atomic E-state index is 11.6. The van der Waals surface area contributed by atoms with E-state index in [4.69, 9.17) is 15.9 Å². The molecule has 0 saturated heterocycles. The number of carboxylic acids is 1. The van der Waals surface area contributed by atoms with Crippen molar-refractivity contribution in [2.24, 2.45) is 11.7 Å². The van der Waals surface area contributed by atoms with Gasteiger partial charge in [-0.05, 0) is 5.92 Å². The fourth-order valence-electron chi connectivity index (χ4n) is 1.15. The lowest BCUT2D eigenvalue weighted by atomic mass is 10.0. The Morgan fingerprint density at radius 3 is 2.17 bits per heavy atom. The summed E-state index contributed by atoms with van der Waals surface area (Å²) < 4.78 is 0. The minimum absolute atomic E-state index is 0.242. The Morgan fingerprint density at radius 2 is 1.78 bits per heavy atom. The highest BCUT2D eigenvalue weighted by Crippen LogP contribution is 2.02. The van der Waals surface area contributed by atoms with E-state index in [0.717, 1.165) is 0 Å². The third-order valence-electron chi connectivity index (χ3n) is 2.19. The van der Waals surface area contributed by atoms with E-state index in [-0.39, 0.29) is 5.92 Å². The molecule has 0 saturated carbocycles. The van der Waals surface area contributed by atoms with Crippen LogP contribution >= 0.6 is 0 Å². The summed E-state index contributed by atoms with van der Waals surface area (Å²) in [5, 5.41) is 21.7. The van der Waals surface area contributed by atoms with Gasteiger partial charge < -0.3 is 26.6 Å². The molecule has 6 N–H and O–H groups in total. The monoisotopic (exact) mass is 261 g/mol. The Hall–Kier alpha value is -1.67. The first-order valence-corrected chi connectivity index (χ1v) is 5.45. The van der Waals surface area contributed by atoms with E-state index in [2.05, 4.69) is 10.6 Å². The van der Waals surface area contributed by atoms with Gasteiger partial charge in [0, 0.05) is 0 Å². The maximum Gasteiger partial charge on any atom is 0.322 e. The Labute approximate surface area is 105 Å². The van der Waals surface area contributed by atoms with Gasteiger partial charge in [0.05, 0.1) is 6.61 Å². The van der Waals surface area contributed by atoms with Crippen molar-refractivity contribution < 1.29 is 24.6 Å². The minimum atomic E-state index is -1.18. The first-order valence-electron chi connectivity index (χ1n) is 5.45. The van der Waals surface area contributed by atoms with Crippen molar-refractivity contribution in [3.05, 3.63) is 0 Å². The van der Waals surface area contributed by atoms with Gasteiger partial charge in [-0.3, -0.25) is 14.4 Å². The summed E-state index contributed by atoms with van der Waals surface area (Å²) in [5.41, 5.74) is 5.30. The van der Waals surface area contributed by atoms with Crippen LogP contribution < -0.4 is 16.4 Å². The maximum atomic E-state index is 11.6. The van der Waals surface area contributed by atoms with Crippen LogP contribution in [-0.2, 0) is 14.4 Å². The van der Waals surface area contributed by atoms with Gasteiger partial charge in [-0.1, -0.05) is 13.8 Å². The van der Waals surface area contributed by atoms with Crippen LogP contribution in [0, 0.1) is 5.92 Å². The summed E-state index contributed by atoms with van der Waals surface area (Å²) in [4.78, 5) is 33.4. The Morgan fingerprint density at radius 1 is 1.22 bits per heavy atom. The molecular formula is C10H19N3O5. The van der Waals surface area contributed by atoms with Gasteiger partial charge in [-0.25, -0.2) is 0 Å². The summed E-state index contributed by atoms with van der Waals surface area (Å²) in [7, 11) is 0. The van der Waals surface area contributed by atoms with Crippen LogP contribution in [-0.4, -0.2) is 53.2 Å². The fourth-order valence-corrected chi connectivity index (χ4v) is 1.15. The number of rotatable bonds is 7. The van der Waals surface area contributed by atoms with Crippen molar-refractivity contribution in [1.29, 1.82) is 0 Å². The van der Waals surface area contributed by atoms with Crippen molar-refractivity contribution in [2.45, 2.75) is 25.9 Å². The smallest absolute Gasteiger partial charge is 0.322 e. The van der Waals surface area contributed by atoms with Crippen LogP contribution in [0.25, 0.3) is 0 Å². The zero-order valence-corrected chi connectivity index (χ0v) is 10.3. The lowest BCUT2D eigenvalue weighted by Crippen LogP contribution is -2.55. The molecule has 2 atom stereocenters. The zero-order chi connectivity index (χ0) is 14.3. The number of hydrogen-bond acceptors (Lipinski definition) is 5. The molecule has 0 aliphatic heterocycles. The van der Waals surface area contributed by atoms with Gasteiger partial charge in [0.2, 0.25) is 11.8 Å². The third-order valence-corrected chi connectivity index (χ3v) is 2.19. The second-order valence-corrected chi connectivity index (χ2v) is 4.13. The molecule has 8 nitrogen and oxygen atoms in total. The molecule has 0 radical (unpaired) electrons. The highest BCUT2D eigenvalue weighted by Gasteiger charge is 2.26. The number of amides is 2. The second-order valence-electron chi connectivity index (χ2n) is 4.13. The highest BCUT2D eigenvalue weighted by atomic mass is 16.4. The summed E-state index contributed by atoms with van der Waals surface area (Å²) in [6, 6.07) is -2.01. The van der Waals surface area contributed by atoms with Crippen molar-refractivity contribution >= 4 is 17.8 Å². The van der Waals surface area contributed by atoms with Crippen molar-refractivity contribution in [3.63, 3.8) is 0 Å². The molecule has 104 valence electrons. The predicted octanol–water partition coefficient (Wildman–Crippen LogP) is -2.35. The van der Waals surface area contributed by atoms with E-state index in [9.17, 15) is 14.4 Å². The summed E-state index contributed by atoms with van der Waals surface area (Å²) in [6.07, 6.45) is 0. The van der Waals surface area contributed by atoms with E-state index >= 15 is 0 Å². The van der Waals surface area contributed by atoms with Crippen LogP contribution in [0.5, 0.6) is 0 Å². The fraction of sp³-hybridized carbons (Fsp3) is 0.700. The molecule has 2 amide bonds. The average Bonchev–Trinajstić information content (AvgIpc) is 2.30. The van der Waals surface area contributed by atoms with Gasteiger partial charge in [0.1, 0.15) is 18.6 Å². The van der Waals surface area contributed by atoms with Crippen molar-refractivity contribution in [1.82, 2.24) is 10.6 Å². The lowest BCUT2D eigenvalue weighted by Gasteiger charge is -2.22. The standard InChI is InChI=1S/C10H19N3O5/c1-5(2)8(10(18)12-3-7(15)16)13-9(17)6(11)4-14/h5-6,8,14H,3-4,11H2,1-2H3,(H,12,18)(H,13,17)(H,15,16). The quantitative estimate of drug-likeness (QED) is 0.347. The highest BCUT2D eigenvalue weighted by molar-refractivity contribution is 5.91. The van der Waals surface area contributed by atoms with Crippen LogP contribution in [0.2, 0.25) is 0 Å². The summed E-state index contributed by atoms with van der Waals surface area (Å²) >= 11 is 0. The molecule has 2 unspecified atom stereocenters. The normalized spacial score (nSPS) is 13.8. The first-order chi connectivity index (χ1) is 8.29. The lowest BCUT2D eigenvalue weighted by molar-refractivity contribution is -0.138. The van der Waals surface area contributed by atoms with Gasteiger partial charge in [0.25, 0.3) is 0 Å². The molecule has 0 heterocycles.